The maximum absolute atomic E-state index is 12.3. The molecule has 0 fully saturated rings. The highest BCUT2D eigenvalue weighted by Gasteiger charge is 2.18. The summed E-state index contributed by atoms with van der Waals surface area (Å²) >= 11 is 11.9. The number of anilines is 1. The Morgan fingerprint density at radius 3 is 2.62 bits per heavy atom. The summed E-state index contributed by atoms with van der Waals surface area (Å²) in [5.41, 5.74) is 1.27. The predicted octanol–water partition coefficient (Wildman–Crippen LogP) is 3.71. The fourth-order valence-corrected chi connectivity index (χ4v) is 2.95. The standard InChI is InChI=1S/C18H16Cl2N2O4/c1-11(23)22(8-12-2-5-16-17(6-12)26-10-25-16)9-18(24)21-15-4-3-13(19)7-14(15)20/h2-7H,8-10H2,1H3,(H,21,24). The average Bonchev–Trinajstić information content (AvgIpc) is 3.04. The molecule has 0 unspecified atom stereocenters. The van der Waals surface area contributed by atoms with Gasteiger partial charge in [-0.2, -0.15) is 0 Å². The number of nitrogens with zero attached hydrogens (tertiary/aromatic N) is 1. The van der Waals surface area contributed by atoms with Crippen LogP contribution in [0, 0.1) is 0 Å². The van der Waals surface area contributed by atoms with E-state index in [-0.39, 0.29) is 31.7 Å². The number of carbonyl (C=O) groups excluding carboxylic acids is 2. The van der Waals surface area contributed by atoms with E-state index in [4.69, 9.17) is 32.7 Å². The Balaban J connectivity index is 1.66. The van der Waals surface area contributed by atoms with E-state index in [1.165, 1.54) is 17.9 Å². The van der Waals surface area contributed by atoms with Gasteiger partial charge in [0.1, 0.15) is 6.54 Å². The lowest BCUT2D eigenvalue weighted by atomic mass is 10.2. The molecule has 26 heavy (non-hydrogen) atoms. The topological polar surface area (TPSA) is 67.9 Å². The molecule has 0 atom stereocenters. The van der Waals surface area contributed by atoms with Crippen LogP contribution >= 0.6 is 23.2 Å². The number of amides is 2. The summed E-state index contributed by atoms with van der Waals surface area (Å²) in [5.74, 6) is 0.715. The van der Waals surface area contributed by atoms with Crippen LogP contribution in [-0.2, 0) is 16.1 Å². The van der Waals surface area contributed by atoms with Gasteiger partial charge in [0.15, 0.2) is 11.5 Å². The van der Waals surface area contributed by atoms with Gasteiger partial charge in [-0.15, -0.1) is 0 Å². The molecule has 2 aromatic carbocycles. The second kappa shape index (κ2) is 7.85. The number of fused-ring (bicyclic) bond motifs is 1. The van der Waals surface area contributed by atoms with Gasteiger partial charge < -0.3 is 19.7 Å². The Hall–Kier alpha value is -2.44. The number of ether oxygens (including phenoxy) is 2. The smallest absolute Gasteiger partial charge is 0.244 e. The predicted molar refractivity (Wildman–Crippen MR) is 98.7 cm³/mol. The van der Waals surface area contributed by atoms with Crippen LogP contribution in [0.25, 0.3) is 0 Å². The van der Waals surface area contributed by atoms with Gasteiger partial charge in [-0.1, -0.05) is 29.3 Å². The Kier molecular flexibility index (Phi) is 5.54. The van der Waals surface area contributed by atoms with Crippen LogP contribution in [0.15, 0.2) is 36.4 Å². The van der Waals surface area contributed by atoms with Crippen LogP contribution in [-0.4, -0.2) is 30.1 Å². The summed E-state index contributed by atoms with van der Waals surface area (Å²) in [4.78, 5) is 25.7. The SMILES string of the molecule is CC(=O)N(CC(=O)Nc1ccc(Cl)cc1Cl)Cc1ccc2c(c1)OCO2. The van der Waals surface area contributed by atoms with Crippen LogP contribution in [0.1, 0.15) is 12.5 Å². The summed E-state index contributed by atoms with van der Waals surface area (Å²) in [5, 5.41) is 3.49. The van der Waals surface area contributed by atoms with Crippen molar-refractivity contribution in [3.8, 4) is 11.5 Å². The van der Waals surface area contributed by atoms with Gasteiger partial charge in [0.05, 0.1) is 10.7 Å². The third kappa shape index (κ3) is 4.39. The van der Waals surface area contributed by atoms with Crippen LogP contribution in [0.3, 0.4) is 0 Å². The maximum atomic E-state index is 12.3. The summed E-state index contributed by atoms with van der Waals surface area (Å²) in [6.45, 7) is 1.76. The summed E-state index contributed by atoms with van der Waals surface area (Å²) in [6.07, 6.45) is 0. The molecule has 136 valence electrons. The Labute approximate surface area is 160 Å². The lowest BCUT2D eigenvalue weighted by Gasteiger charge is -2.21. The third-order valence-corrected chi connectivity index (χ3v) is 4.34. The minimum absolute atomic E-state index is 0.108. The summed E-state index contributed by atoms with van der Waals surface area (Å²) in [7, 11) is 0. The number of hydrogen-bond acceptors (Lipinski definition) is 4. The van der Waals surface area contributed by atoms with Crippen molar-refractivity contribution in [2.45, 2.75) is 13.5 Å². The van der Waals surface area contributed by atoms with E-state index in [0.717, 1.165) is 5.56 Å². The highest BCUT2D eigenvalue weighted by molar-refractivity contribution is 6.36. The van der Waals surface area contributed by atoms with Crippen molar-refractivity contribution >= 4 is 40.7 Å². The minimum atomic E-state index is -0.356. The highest BCUT2D eigenvalue weighted by Crippen LogP contribution is 2.32. The molecule has 2 amide bonds. The van der Waals surface area contributed by atoms with Gasteiger partial charge in [-0.25, -0.2) is 0 Å². The van der Waals surface area contributed by atoms with Crippen molar-refractivity contribution in [2.75, 3.05) is 18.7 Å². The van der Waals surface area contributed by atoms with Crippen molar-refractivity contribution in [3.63, 3.8) is 0 Å². The van der Waals surface area contributed by atoms with E-state index in [2.05, 4.69) is 5.32 Å². The van der Waals surface area contributed by atoms with Gasteiger partial charge in [-0.3, -0.25) is 9.59 Å². The van der Waals surface area contributed by atoms with E-state index in [1.54, 1.807) is 24.3 Å². The first-order chi connectivity index (χ1) is 12.4. The van der Waals surface area contributed by atoms with Crippen molar-refractivity contribution in [3.05, 3.63) is 52.0 Å². The lowest BCUT2D eigenvalue weighted by molar-refractivity contribution is -0.133. The Morgan fingerprint density at radius 1 is 1.12 bits per heavy atom. The second-order valence-corrected chi connectivity index (χ2v) is 6.58. The molecule has 0 saturated carbocycles. The molecule has 2 aromatic rings. The molecular formula is C18H16Cl2N2O4. The number of nitrogens with one attached hydrogen (secondary N) is 1. The van der Waals surface area contributed by atoms with Gasteiger partial charge in [-0.05, 0) is 35.9 Å². The number of benzene rings is 2. The molecule has 0 saturated heterocycles. The van der Waals surface area contributed by atoms with Crippen LogP contribution in [0.4, 0.5) is 5.69 Å². The first-order valence-corrected chi connectivity index (χ1v) is 8.57. The van der Waals surface area contributed by atoms with Crippen molar-refractivity contribution in [1.82, 2.24) is 4.90 Å². The molecule has 1 aliphatic heterocycles. The van der Waals surface area contributed by atoms with Gasteiger partial charge in [0.2, 0.25) is 18.6 Å². The van der Waals surface area contributed by atoms with Gasteiger partial charge in [0, 0.05) is 18.5 Å². The summed E-state index contributed by atoms with van der Waals surface area (Å²) in [6, 6.07) is 10.2. The van der Waals surface area contributed by atoms with Crippen LogP contribution in [0.2, 0.25) is 10.0 Å². The van der Waals surface area contributed by atoms with E-state index < -0.39 is 0 Å². The van der Waals surface area contributed by atoms with Crippen molar-refractivity contribution in [2.24, 2.45) is 0 Å². The number of carbonyl (C=O) groups is 2. The summed E-state index contributed by atoms with van der Waals surface area (Å²) < 4.78 is 10.6. The minimum Gasteiger partial charge on any atom is -0.454 e. The quantitative estimate of drug-likeness (QED) is 0.838. The molecule has 6 nitrogen and oxygen atoms in total. The first kappa shape index (κ1) is 18.4. The second-order valence-electron chi connectivity index (χ2n) is 5.74. The van der Waals surface area contributed by atoms with E-state index in [9.17, 15) is 9.59 Å². The highest BCUT2D eigenvalue weighted by atomic mass is 35.5. The molecule has 0 radical (unpaired) electrons. The first-order valence-electron chi connectivity index (χ1n) is 7.81. The fraction of sp³-hybridized carbons (Fsp3) is 0.222. The molecule has 0 aromatic heterocycles. The lowest BCUT2D eigenvalue weighted by Crippen LogP contribution is -2.36. The Bertz CT molecular complexity index is 857. The van der Waals surface area contributed by atoms with E-state index in [1.807, 2.05) is 6.07 Å². The zero-order chi connectivity index (χ0) is 18.7. The van der Waals surface area contributed by atoms with Crippen LogP contribution in [0.5, 0.6) is 11.5 Å². The molecule has 1 aliphatic rings. The number of hydrogen-bond donors (Lipinski definition) is 1. The van der Waals surface area contributed by atoms with Crippen molar-refractivity contribution in [1.29, 1.82) is 0 Å². The number of rotatable bonds is 5. The Morgan fingerprint density at radius 2 is 1.88 bits per heavy atom. The van der Waals surface area contributed by atoms with Gasteiger partial charge >= 0.3 is 0 Å². The van der Waals surface area contributed by atoms with Crippen molar-refractivity contribution < 1.29 is 19.1 Å². The zero-order valence-electron chi connectivity index (χ0n) is 13.9. The van der Waals surface area contributed by atoms with E-state index in [0.29, 0.717) is 27.2 Å². The fourth-order valence-electron chi connectivity index (χ4n) is 2.49. The molecule has 8 heteroatoms. The molecule has 1 N–H and O–H groups in total. The monoisotopic (exact) mass is 394 g/mol. The maximum Gasteiger partial charge on any atom is 0.244 e. The zero-order valence-corrected chi connectivity index (χ0v) is 15.4. The average molecular weight is 395 g/mol. The van der Waals surface area contributed by atoms with E-state index >= 15 is 0 Å². The van der Waals surface area contributed by atoms with Gasteiger partial charge in [0.25, 0.3) is 0 Å². The molecular weight excluding hydrogens is 379 g/mol. The molecule has 3 rings (SSSR count). The third-order valence-electron chi connectivity index (χ3n) is 3.80. The number of halogens is 2. The van der Waals surface area contributed by atoms with Crippen LogP contribution < -0.4 is 14.8 Å². The molecule has 0 aliphatic carbocycles. The normalized spacial score (nSPS) is 12.0. The molecule has 0 bridgehead atoms. The molecule has 1 heterocycles. The largest absolute Gasteiger partial charge is 0.454 e. The molecule has 0 spiro atoms.